The summed E-state index contributed by atoms with van der Waals surface area (Å²) in [5.41, 5.74) is 4.05. The molecule has 2 rings (SSSR count). The van der Waals surface area contributed by atoms with E-state index < -0.39 is 23.2 Å². The maximum absolute atomic E-state index is 12.2. The Bertz CT molecular complexity index is 725. The highest BCUT2D eigenvalue weighted by atomic mass is 32.1. The molecular formula is C11H13N3O3S. The highest BCUT2D eigenvalue weighted by Gasteiger charge is 2.18. The van der Waals surface area contributed by atoms with Gasteiger partial charge in [0.15, 0.2) is 0 Å². The molecule has 0 radical (unpaired) electrons. The minimum Gasteiger partial charge on any atom is -0.368 e. The Hall–Kier alpha value is -1.89. The topological polar surface area (TPSA) is 97.9 Å². The summed E-state index contributed by atoms with van der Waals surface area (Å²) in [6, 6.07) is 0.776. The van der Waals surface area contributed by atoms with Crippen LogP contribution in [0.2, 0.25) is 0 Å². The average molecular weight is 267 g/mol. The van der Waals surface area contributed by atoms with Crippen LogP contribution in [0.25, 0.3) is 10.2 Å². The van der Waals surface area contributed by atoms with E-state index in [1.807, 2.05) is 6.92 Å². The van der Waals surface area contributed by atoms with Crippen LogP contribution in [0.15, 0.2) is 15.7 Å². The number of fused-ring (bicyclic) bond motifs is 1. The van der Waals surface area contributed by atoms with Crippen LogP contribution >= 0.6 is 11.3 Å². The number of rotatable bonds is 3. The van der Waals surface area contributed by atoms with Crippen molar-refractivity contribution in [3.8, 4) is 0 Å². The number of thiophene rings is 1. The minimum atomic E-state index is -0.962. The number of nitrogens with two attached hydrogens (primary N) is 1. The number of amides is 1. The van der Waals surface area contributed by atoms with Gasteiger partial charge in [0.1, 0.15) is 10.9 Å². The van der Waals surface area contributed by atoms with Crippen molar-refractivity contribution in [2.24, 2.45) is 5.73 Å². The molecule has 6 nitrogen and oxygen atoms in total. The third-order valence-corrected chi connectivity index (χ3v) is 4.01. The number of nitrogens with zero attached hydrogens (tertiary/aromatic N) is 1. The first-order valence-electron chi connectivity index (χ1n) is 5.52. The fourth-order valence-corrected chi connectivity index (χ4v) is 2.70. The first-order valence-corrected chi connectivity index (χ1v) is 6.34. The third-order valence-electron chi connectivity index (χ3n) is 2.82. The van der Waals surface area contributed by atoms with Crippen molar-refractivity contribution in [1.29, 1.82) is 0 Å². The number of hydrogen-bond acceptors (Lipinski definition) is 4. The van der Waals surface area contributed by atoms with Gasteiger partial charge in [0, 0.05) is 4.88 Å². The number of H-pyrrole nitrogens is 1. The Labute approximate surface area is 106 Å². The van der Waals surface area contributed by atoms with Crippen LogP contribution in [0.4, 0.5) is 0 Å². The van der Waals surface area contributed by atoms with E-state index in [1.54, 1.807) is 6.07 Å². The summed E-state index contributed by atoms with van der Waals surface area (Å²) < 4.78 is 0.858. The predicted octanol–water partition coefficient (Wildman–Crippen LogP) is 0.360. The number of carbonyl (C=O) groups excluding carboxylic acids is 1. The molecule has 0 fully saturated rings. The molecule has 0 bridgehead atoms. The van der Waals surface area contributed by atoms with Crippen LogP contribution in [-0.4, -0.2) is 15.5 Å². The summed E-state index contributed by atoms with van der Waals surface area (Å²) in [7, 11) is 0. The molecule has 0 aliphatic heterocycles. The molecule has 18 heavy (non-hydrogen) atoms. The smallest absolute Gasteiger partial charge is 0.330 e. The Morgan fingerprint density at radius 1 is 1.56 bits per heavy atom. The van der Waals surface area contributed by atoms with Gasteiger partial charge in [-0.05, 0) is 19.4 Å². The highest BCUT2D eigenvalue weighted by Crippen LogP contribution is 2.20. The molecule has 0 aromatic carbocycles. The van der Waals surface area contributed by atoms with Gasteiger partial charge in [0.2, 0.25) is 5.91 Å². The molecule has 3 N–H and O–H groups in total. The monoisotopic (exact) mass is 267 g/mol. The fraction of sp³-hybridized carbons (Fsp3) is 0.364. The van der Waals surface area contributed by atoms with Gasteiger partial charge < -0.3 is 5.73 Å². The summed E-state index contributed by atoms with van der Waals surface area (Å²) in [5.74, 6) is -0.715. The fourth-order valence-electron chi connectivity index (χ4n) is 1.73. The van der Waals surface area contributed by atoms with Crippen LogP contribution in [-0.2, 0) is 11.2 Å². The van der Waals surface area contributed by atoms with E-state index in [0.717, 1.165) is 15.9 Å². The summed E-state index contributed by atoms with van der Waals surface area (Å²) >= 11 is 1.37. The zero-order valence-corrected chi connectivity index (χ0v) is 10.8. The van der Waals surface area contributed by atoms with Gasteiger partial charge in [-0.15, -0.1) is 11.3 Å². The standard InChI is InChI=1S/C11H13N3O3S/c1-3-6-4-7-9(18-6)13-11(17)14(10(7)16)5(2)8(12)15/h4-5H,3H2,1-2H3,(H2,12,15)(H,13,17). The molecule has 0 aliphatic rings. The van der Waals surface area contributed by atoms with Crippen molar-refractivity contribution < 1.29 is 4.79 Å². The summed E-state index contributed by atoms with van der Waals surface area (Å²) in [5, 5.41) is 0.421. The third kappa shape index (κ3) is 1.86. The molecule has 96 valence electrons. The number of carbonyl (C=O) groups is 1. The Morgan fingerprint density at radius 3 is 2.78 bits per heavy atom. The van der Waals surface area contributed by atoms with Gasteiger partial charge in [0.05, 0.1) is 5.39 Å². The van der Waals surface area contributed by atoms with Crippen molar-refractivity contribution in [3.63, 3.8) is 0 Å². The zero-order chi connectivity index (χ0) is 13.4. The number of hydrogen-bond donors (Lipinski definition) is 2. The number of aromatic nitrogens is 2. The number of aryl methyl sites for hydroxylation is 1. The second kappa shape index (κ2) is 4.41. The van der Waals surface area contributed by atoms with Crippen LogP contribution in [0.5, 0.6) is 0 Å². The maximum atomic E-state index is 12.2. The molecule has 0 aliphatic carbocycles. The lowest BCUT2D eigenvalue weighted by molar-refractivity contribution is -0.120. The van der Waals surface area contributed by atoms with E-state index in [2.05, 4.69) is 4.98 Å². The first kappa shape index (κ1) is 12.6. The molecule has 1 unspecified atom stereocenters. The van der Waals surface area contributed by atoms with E-state index in [-0.39, 0.29) is 0 Å². The summed E-state index contributed by atoms with van der Waals surface area (Å²) in [4.78, 5) is 39.2. The van der Waals surface area contributed by atoms with E-state index in [4.69, 9.17) is 5.73 Å². The molecule has 2 aromatic heterocycles. The predicted molar refractivity (Wildman–Crippen MR) is 70.0 cm³/mol. The van der Waals surface area contributed by atoms with Gasteiger partial charge >= 0.3 is 5.69 Å². The lowest BCUT2D eigenvalue weighted by Gasteiger charge is -2.09. The Morgan fingerprint density at radius 2 is 2.22 bits per heavy atom. The van der Waals surface area contributed by atoms with Crippen LogP contribution < -0.4 is 17.0 Å². The van der Waals surface area contributed by atoms with E-state index >= 15 is 0 Å². The quantitative estimate of drug-likeness (QED) is 0.840. The minimum absolute atomic E-state index is 0.421. The van der Waals surface area contributed by atoms with Crippen molar-refractivity contribution >= 4 is 27.5 Å². The van der Waals surface area contributed by atoms with E-state index in [1.165, 1.54) is 18.3 Å². The van der Waals surface area contributed by atoms with Gasteiger partial charge in [0.25, 0.3) is 5.56 Å². The van der Waals surface area contributed by atoms with E-state index in [9.17, 15) is 14.4 Å². The average Bonchev–Trinajstić information content (AvgIpc) is 2.71. The molecule has 2 heterocycles. The normalized spacial score (nSPS) is 12.8. The molecule has 7 heteroatoms. The van der Waals surface area contributed by atoms with Gasteiger partial charge in [-0.2, -0.15) is 0 Å². The van der Waals surface area contributed by atoms with Crippen LogP contribution in [0.1, 0.15) is 24.8 Å². The maximum Gasteiger partial charge on any atom is 0.330 e. The van der Waals surface area contributed by atoms with Gasteiger partial charge in [-0.3, -0.25) is 14.6 Å². The van der Waals surface area contributed by atoms with Crippen molar-refractivity contribution in [2.45, 2.75) is 26.3 Å². The SMILES string of the molecule is CCc1cc2c(=O)n(C(C)C(N)=O)c(=O)[nH]c2s1. The molecule has 2 aromatic rings. The molecule has 1 atom stereocenters. The van der Waals surface area contributed by atoms with Crippen molar-refractivity contribution in [2.75, 3.05) is 0 Å². The Kier molecular flexibility index (Phi) is 3.08. The van der Waals surface area contributed by atoms with Gasteiger partial charge in [-0.25, -0.2) is 9.36 Å². The molecule has 1 amide bonds. The zero-order valence-electron chi connectivity index (χ0n) is 10.0. The van der Waals surface area contributed by atoms with E-state index in [0.29, 0.717) is 10.2 Å². The number of nitrogens with one attached hydrogen (secondary N) is 1. The van der Waals surface area contributed by atoms with Crippen molar-refractivity contribution in [3.05, 3.63) is 31.8 Å². The lowest BCUT2D eigenvalue weighted by atomic mass is 10.3. The Balaban J connectivity index is 2.80. The van der Waals surface area contributed by atoms with Gasteiger partial charge in [-0.1, -0.05) is 6.92 Å². The summed E-state index contributed by atoms with van der Waals surface area (Å²) in [6.07, 6.45) is 0.784. The highest BCUT2D eigenvalue weighted by molar-refractivity contribution is 7.18. The largest absolute Gasteiger partial charge is 0.368 e. The molecular weight excluding hydrogens is 254 g/mol. The van der Waals surface area contributed by atoms with Crippen LogP contribution in [0.3, 0.4) is 0 Å². The molecule has 0 saturated carbocycles. The second-order valence-corrected chi connectivity index (χ2v) is 5.13. The molecule has 0 saturated heterocycles. The number of primary amides is 1. The molecule has 0 spiro atoms. The van der Waals surface area contributed by atoms with Crippen LogP contribution in [0, 0.1) is 0 Å². The second-order valence-electron chi connectivity index (χ2n) is 3.99. The van der Waals surface area contributed by atoms with Crippen molar-refractivity contribution in [1.82, 2.24) is 9.55 Å². The summed E-state index contributed by atoms with van der Waals surface area (Å²) in [6.45, 7) is 3.39. The first-order chi connectivity index (χ1) is 8.45. The lowest BCUT2D eigenvalue weighted by Crippen LogP contribution is -2.41. The number of aromatic amines is 1.